The van der Waals surface area contributed by atoms with E-state index in [-0.39, 0.29) is 0 Å². The maximum Gasteiger partial charge on any atom is 0.203 e. The summed E-state index contributed by atoms with van der Waals surface area (Å²) in [6, 6.07) is 11.6. The molecular weight excluding hydrogens is 287 g/mol. The fourth-order valence-corrected chi connectivity index (χ4v) is 2.26. The van der Waals surface area contributed by atoms with Crippen LogP contribution in [0, 0.1) is 0 Å². The van der Waals surface area contributed by atoms with E-state index in [0.717, 1.165) is 0 Å². The molecule has 118 valence electrons. The molecule has 0 aliphatic carbocycles. The van der Waals surface area contributed by atoms with Crippen LogP contribution in [0.15, 0.2) is 42.5 Å². The molecule has 0 spiro atoms. The second-order valence-corrected chi connectivity index (χ2v) is 4.72. The third kappa shape index (κ3) is 3.14. The highest BCUT2D eigenvalue weighted by molar-refractivity contribution is 5.54. The molecule has 0 aliphatic rings. The summed E-state index contributed by atoms with van der Waals surface area (Å²) in [4.78, 5) is 0. The number of aliphatic hydroxyl groups excluding tert-OH is 1. The van der Waals surface area contributed by atoms with Gasteiger partial charge in [-0.3, -0.25) is 0 Å². The maximum absolute atomic E-state index is 14.5. The molecule has 0 bridgehead atoms. The number of hydrogen-bond acceptors (Lipinski definition) is 4. The third-order valence-electron chi connectivity index (χ3n) is 3.42. The molecule has 5 heteroatoms. The van der Waals surface area contributed by atoms with E-state index in [4.69, 9.17) is 14.2 Å². The van der Waals surface area contributed by atoms with Gasteiger partial charge in [0.1, 0.15) is 6.10 Å². The van der Waals surface area contributed by atoms with E-state index in [0.29, 0.717) is 28.4 Å². The lowest BCUT2D eigenvalue weighted by Gasteiger charge is -2.19. The fraction of sp³-hybridized carbons (Fsp3) is 0.294. The summed E-state index contributed by atoms with van der Waals surface area (Å²) in [5.41, 5.74) is 0.759. The summed E-state index contributed by atoms with van der Waals surface area (Å²) in [6.07, 6.45) is -2.89. The number of methoxy groups -OCH3 is 3. The lowest BCUT2D eigenvalue weighted by Crippen LogP contribution is -2.07. The minimum atomic E-state index is -1.55. The fourth-order valence-electron chi connectivity index (χ4n) is 2.26. The number of hydrogen-bond donors (Lipinski definition) is 1. The standard InChI is InChI=1S/C17H19FO4/c1-20-13-9-12(10-14(21-2)17(13)22-3)16(19)15(18)11-7-5-4-6-8-11/h4-10,15-16,19H,1-3H3/t15-,16+/m0/s1. The van der Waals surface area contributed by atoms with Crippen molar-refractivity contribution < 1.29 is 23.7 Å². The van der Waals surface area contributed by atoms with Gasteiger partial charge in [-0.2, -0.15) is 0 Å². The molecule has 4 nitrogen and oxygen atoms in total. The molecule has 2 atom stereocenters. The Morgan fingerprint density at radius 2 is 1.41 bits per heavy atom. The van der Waals surface area contributed by atoms with Gasteiger partial charge in [-0.1, -0.05) is 30.3 Å². The quantitative estimate of drug-likeness (QED) is 0.888. The van der Waals surface area contributed by atoms with E-state index >= 15 is 0 Å². The molecule has 2 aromatic rings. The van der Waals surface area contributed by atoms with Crippen molar-refractivity contribution in [3.8, 4) is 17.2 Å². The summed E-state index contributed by atoms with van der Waals surface area (Å²) in [7, 11) is 4.42. The van der Waals surface area contributed by atoms with Gasteiger partial charge in [-0.05, 0) is 23.3 Å². The average molecular weight is 306 g/mol. The molecule has 0 saturated carbocycles. The van der Waals surface area contributed by atoms with Crippen molar-refractivity contribution in [1.29, 1.82) is 0 Å². The zero-order valence-corrected chi connectivity index (χ0v) is 12.7. The van der Waals surface area contributed by atoms with E-state index in [1.807, 2.05) is 0 Å². The zero-order valence-electron chi connectivity index (χ0n) is 12.7. The van der Waals surface area contributed by atoms with Crippen molar-refractivity contribution in [2.24, 2.45) is 0 Å². The Hall–Kier alpha value is -2.27. The van der Waals surface area contributed by atoms with Gasteiger partial charge in [0.15, 0.2) is 17.7 Å². The van der Waals surface area contributed by atoms with Gasteiger partial charge >= 0.3 is 0 Å². The number of benzene rings is 2. The Bertz CT molecular complexity index is 590. The number of rotatable bonds is 6. The Labute approximate surface area is 129 Å². The topological polar surface area (TPSA) is 47.9 Å². The van der Waals surface area contributed by atoms with E-state index in [2.05, 4.69) is 0 Å². The molecule has 0 fully saturated rings. The molecule has 0 unspecified atom stereocenters. The van der Waals surface area contributed by atoms with Crippen molar-refractivity contribution in [1.82, 2.24) is 0 Å². The Morgan fingerprint density at radius 1 is 0.864 bits per heavy atom. The first-order valence-corrected chi connectivity index (χ1v) is 6.79. The minimum Gasteiger partial charge on any atom is -0.493 e. The van der Waals surface area contributed by atoms with Crippen molar-refractivity contribution >= 4 is 0 Å². The number of alkyl halides is 1. The number of aliphatic hydroxyl groups is 1. The molecule has 0 radical (unpaired) electrons. The van der Waals surface area contributed by atoms with Crippen LogP contribution in [0.5, 0.6) is 17.2 Å². The molecule has 2 aromatic carbocycles. The van der Waals surface area contributed by atoms with Gasteiger partial charge in [-0.15, -0.1) is 0 Å². The second-order valence-electron chi connectivity index (χ2n) is 4.72. The van der Waals surface area contributed by atoms with Crippen molar-refractivity contribution in [3.63, 3.8) is 0 Å². The molecule has 0 heterocycles. The van der Waals surface area contributed by atoms with Crippen LogP contribution in [0.1, 0.15) is 23.4 Å². The van der Waals surface area contributed by atoms with Gasteiger partial charge in [0.05, 0.1) is 21.3 Å². The molecule has 0 saturated heterocycles. The molecule has 0 aliphatic heterocycles. The Morgan fingerprint density at radius 3 is 1.86 bits per heavy atom. The SMILES string of the molecule is COc1cc([C@@H](O)[C@@H](F)c2ccccc2)cc(OC)c1OC. The predicted octanol–water partition coefficient (Wildman–Crippen LogP) is 3.46. The lowest BCUT2D eigenvalue weighted by molar-refractivity contribution is 0.0770. The molecule has 1 N–H and O–H groups in total. The highest BCUT2D eigenvalue weighted by Gasteiger charge is 2.25. The van der Waals surface area contributed by atoms with Crippen molar-refractivity contribution in [2.45, 2.75) is 12.3 Å². The van der Waals surface area contributed by atoms with Crippen LogP contribution < -0.4 is 14.2 Å². The minimum absolute atomic E-state index is 0.353. The summed E-state index contributed by atoms with van der Waals surface area (Å²) in [6.45, 7) is 0. The highest BCUT2D eigenvalue weighted by atomic mass is 19.1. The third-order valence-corrected chi connectivity index (χ3v) is 3.42. The summed E-state index contributed by atoms with van der Waals surface area (Å²) in [5, 5.41) is 10.3. The largest absolute Gasteiger partial charge is 0.493 e. The normalized spacial score (nSPS) is 13.3. The average Bonchev–Trinajstić information content (AvgIpc) is 2.59. The van der Waals surface area contributed by atoms with Crippen molar-refractivity contribution in [2.75, 3.05) is 21.3 Å². The van der Waals surface area contributed by atoms with Gasteiger partial charge < -0.3 is 19.3 Å². The van der Waals surface area contributed by atoms with Crippen LogP contribution >= 0.6 is 0 Å². The van der Waals surface area contributed by atoms with E-state index < -0.39 is 12.3 Å². The van der Waals surface area contributed by atoms with Crippen LogP contribution in [0.4, 0.5) is 4.39 Å². The first kappa shape index (κ1) is 16.1. The lowest BCUT2D eigenvalue weighted by atomic mass is 9.99. The number of ether oxygens (including phenoxy) is 3. The van der Waals surface area contributed by atoms with Crippen molar-refractivity contribution in [3.05, 3.63) is 53.6 Å². The van der Waals surface area contributed by atoms with Gasteiger partial charge in [-0.25, -0.2) is 4.39 Å². The summed E-state index contributed by atoms with van der Waals surface area (Å²) in [5.74, 6) is 1.14. The summed E-state index contributed by atoms with van der Waals surface area (Å²) >= 11 is 0. The van der Waals surface area contributed by atoms with Gasteiger partial charge in [0.25, 0.3) is 0 Å². The van der Waals surface area contributed by atoms with E-state index in [1.165, 1.54) is 21.3 Å². The monoisotopic (exact) mass is 306 g/mol. The molecule has 0 aromatic heterocycles. The van der Waals surface area contributed by atoms with Crippen LogP contribution in [-0.2, 0) is 0 Å². The molecule has 22 heavy (non-hydrogen) atoms. The second kappa shape index (κ2) is 7.13. The van der Waals surface area contributed by atoms with E-state index in [9.17, 15) is 9.50 Å². The first-order chi connectivity index (χ1) is 10.6. The Balaban J connectivity index is 2.39. The van der Waals surface area contributed by atoms with Gasteiger partial charge in [0.2, 0.25) is 5.75 Å². The zero-order chi connectivity index (χ0) is 16.1. The van der Waals surface area contributed by atoms with Crippen LogP contribution in [0.2, 0.25) is 0 Å². The van der Waals surface area contributed by atoms with Gasteiger partial charge in [0, 0.05) is 0 Å². The number of halogens is 1. The van der Waals surface area contributed by atoms with Crippen LogP contribution in [-0.4, -0.2) is 26.4 Å². The maximum atomic E-state index is 14.5. The van der Waals surface area contributed by atoms with E-state index in [1.54, 1.807) is 42.5 Å². The Kier molecular flexibility index (Phi) is 5.22. The highest BCUT2D eigenvalue weighted by Crippen LogP contribution is 2.42. The van der Waals surface area contributed by atoms with Crippen LogP contribution in [0.3, 0.4) is 0 Å². The molecular formula is C17H19FO4. The molecule has 0 amide bonds. The smallest absolute Gasteiger partial charge is 0.203 e. The summed E-state index contributed by atoms with van der Waals surface area (Å²) < 4.78 is 30.2. The predicted molar refractivity (Wildman–Crippen MR) is 81.3 cm³/mol. The molecule has 2 rings (SSSR count). The first-order valence-electron chi connectivity index (χ1n) is 6.79. The van der Waals surface area contributed by atoms with Crippen LogP contribution in [0.25, 0.3) is 0 Å².